The molecule has 1 saturated heterocycles. The molecule has 8 nitrogen and oxygen atoms in total. The molecule has 0 atom stereocenters. The first-order valence-electron chi connectivity index (χ1n) is 6.90. The lowest BCUT2D eigenvalue weighted by molar-refractivity contribution is -0.128. The van der Waals surface area contributed by atoms with Crippen LogP contribution in [-0.4, -0.2) is 45.8 Å². The number of rotatable bonds is 3. The van der Waals surface area contributed by atoms with Gasteiger partial charge in [-0.3, -0.25) is 14.3 Å². The van der Waals surface area contributed by atoms with Crippen molar-refractivity contribution in [3.63, 3.8) is 0 Å². The molecule has 0 bridgehead atoms. The molecule has 1 aromatic carbocycles. The molecule has 0 saturated carbocycles. The van der Waals surface area contributed by atoms with Crippen LogP contribution >= 0.6 is 0 Å². The highest BCUT2D eigenvalue weighted by Crippen LogP contribution is 2.25. The highest BCUT2D eigenvalue weighted by molar-refractivity contribution is 6.04. The number of piperazine rings is 1. The quantitative estimate of drug-likeness (QED) is 0.845. The number of amides is 2. The van der Waals surface area contributed by atoms with Gasteiger partial charge < -0.3 is 15.3 Å². The Morgan fingerprint density at radius 3 is 2.78 bits per heavy atom. The van der Waals surface area contributed by atoms with Crippen LogP contribution in [0.15, 0.2) is 30.3 Å². The van der Waals surface area contributed by atoms with Gasteiger partial charge in [-0.05, 0) is 18.2 Å². The fourth-order valence-electron chi connectivity index (χ4n) is 2.47. The lowest BCUT2D eigenvalue weighted by Gasteiger charge is -2.27. The van der Waals surface area contributed by atoms with Crippen LogP contribution in [0.25, 0.3) is 11.3 Å². The standard InChI is InChI=1S/C15H14N4O4/c1-18-12(6-11(17-18)15(22)23)9-3-2-4-10(5-9)19-8-13(20)16-7-14(19)21/h2-6H,7-8H2,1H3,(H,16,20)(H,22,23). The first-order chi connectivity index (χ1) is 11.0. The average molecular weight is 314 g/mol. The zero-order valence-electron chi connectivity index (χ0n) is 12.3. The molecule has 2 N–H and O–H groups in total. The second-order valence-electron chi connectivity index (χ2n) is 5.15. The van der Waals surface area contributed by atoms with Gasteiger partial charge in [-0.1, -0.05) is 12.1 Å². The van der Waals surface area contributed by atoms with Crippen molar-refractivity contribution >= 4 is 23.5 Å². The molecule has 1 fully saturated rings. The topological polar surface area (TPSA) is 105 Å². The Kier molecular flexibility index (Phi) is 3.57. The van der Waals surface area contributed by atoms with Crippen LogP contribution in [0.2, 0.25) is 0 Å². The van der Waals surface area contributed by atoms with E-state index in [1.165, 1.54) is 15.6 Å². The molecular weight excluding hydrogens is 300 g/mol. The Labute approximate surface area is 131 Å². The summed E-state index contributed by atoms with van der Waals surface area (Å²) in [6, 6.07) is 8.47. The van der Waals surface area contributed by atoms with E-state index in [0.717, 1.165) is 0 Å². The van der Waals surface area contributed by atoms with Crippen molar-refractivity contribution in [3.8, 4) is 11.3 Å². The Morgan fingerprint density at radius 1 is 1.30 bits per heavy atom. The van der Waals surface area contributed by atoms with E-state index >= 15 is 0 Å². The molecule has 1 aromatic heterocycles. The van der Waals surface area contributed by atoms with Crippen molar-refractivity contribution in [2.24, 2.45) is 7.05 Å². The van der Waals surface area contributed by atoms with Gasteiger partial charge in [0.25, 0.3) is 0 Å². The van der Waals surface area contributed by atoms with Crippen LogP contribution < -0.4 is 10.2 Å². The molecule has 118 valence electrons. The predicted molar refractivity (Wildman–Crippen MR) is 81.0 cm³/mol. The van der Waals surface area contributed by atoms with Crippen LogP contribution in [0.4, 0.5) is 5.69 Å². The third kappa shape index (κ3) is 2.78. The average Bonchev–Trinajstić information content (AvgIpc) is 2.92. The molecule has 0 spiro atoms. The molecular formula is C15H14N4O4. The monoisotopic (exact) mass is 314 g/mol. The zero-order chi connectivity index (χ0) is 16.6. The third-order valence-corrected chi connectivity index (χ3v) is 3.59. The largest absolute Gasteiger partial charge is 0.476 e. The first kappa shape index (κ1) is 14.8. The summed E-state index contributed by atoms with van der Waals surface area (Å²) < 4.78 is 1.47. The Bertz CT molecular complexity index is 812. The summed E-state index contributed by atoms with van der Waals surface area (Å²) in [7, 11) is 1.65. The highest BCUT2D eigenvalue weighted by Gasteiger charge is 2.24. The number of hydrogen-bond acceptors (Lipinski definition) is 4. The first-order valence-corrected chi connectivity index (χ1v) is 6.90. The van der Waals surface area contributed by atoms with Crippen LogP contribution in [0.1, 0.15) is 10.5 Å². The lowest BCUT2D eigenvalue weighted by atomic mass is 10.1. The maximum absolute atomic E-state index is 12.0. The number of nitrogens with zero attached hydrogens (tertiary/aromatic N) is 3. The number of carbonyl (C=O) groups excluding carboxylic acids is 2. The van der Waals surface area contributed by atoms with Crippen molar-refractivity contribution in [3.05, 3.63) is 36.0 Å². The number of nitrogens with one attached hydrogen (secondary N) is 1. The summed E-state index contributed by atoms with van der Waals surface area (Å²) in [5.74, 6) is -1.52. The number of carbonyl (C=O) groups is 3. The number of aromatic carboxylic acids is 1. The summed E-state index contributed by atoms with van der Waals surface area (Å²) in [6.07, 6.45) is 0. The molecule has 2 heterocycles. The summed E-state index contributed by atoms with van der Waals surface area (Å²) in [5, 5.41) is 15.4. The molecule has 23 heavy (non-hydrogen) atoms. The minimum Gasteiger partial charge on any atom is -0.476 e. The molecule has 1 aliphatic heterocycles. The smallest absolute Gasteiger partial charge is 0.356 e. The highest BCUT2D eigenvalue weighted by atomic mass is 16.4. The summed E-state index contributed by atoms with van der Waals surface area (Å²) in [6.45, 7) is -0.0635. The second kappa shape index (κ2) is 5.56. The predicted octanol–water partition coefficient (Wildman–Crippen LogP) is 0.248. The third-order valence-electron chi connectivity index (χ3n) is 3.59. The number of benzene rings is 1. The van der Waals surface area contributed by atoms with Crippen molar-refractivity contribution in [1.82, 2.24) is 15.1 Å². The van der Waals surface area contributed by atoms with Crippen molar-refractivity contribution in [2.45, 2.75) is 0 Å². The van der Waals surface area contributed by atoms with E-state index in [2.05, 4.69) is 10.4 Å². The Hall–Kier alpha value is -3.16. The number of aromatic nitrogens is 2. The molecule has 3 rings (SSSR count). The van der Waals surface area contributed by atoms with Crippen molar-refractivity contribution in [2.75, 3.05) is 18.0 Å². The van der Waals surface area contributed by atoms with Crippen LogP contribution in [0.3, 0.4) is 0 Å². The minimum atomic E-state index is -1.11. The fraction of sp³-hybridized carbons (Fsp3) is 0.200. The van der Waals surface area contributed by atoms with E-state index in [-0.39, 0.29) is 30.6 Å². The molecule has 1 aliphatic rings. The van der Waals surface area contributed by atoms with Gasteiger partial charge >= 0.3 is 5.97 Å². The Morgan fingerprint density at radius 2 is 2.09 bits per heavy atom. The van der Waals surface area contributed by atoms with E-state index in [9.17, 15) is 14.4 Å². The molecule has 0 radical (unpaired) electrons. The fourth-order valence-corrected chi connectivity index (χ4v) is 2.47. The van der Waals surface area contributed by atoms with Gasteiger partial charge in [0.15, 0.2) is 5.69 Å². The van der Waals surface area contributed by atoms with Crippen molar-refractivity contribution < 1.29 is 19.5 Å². The maximum Gasteiger partial charge on any atom is 0.356 e. The van der Waals surface area contributed by atoms with Crippen molar-refractivity contribution in [1.29, 1.82) is 0 Å². The number of carboxylic acid groups (broad SMARTS) is 1. The van der Waals surface area contributed by atoms with Crippen LogP contribution in [0, 0.1) is 0 Å². The summed E-state index contributed by atoms with van der Waals surface area (Å²) in [4.78, 5) is 35.9. The van der Waals surface area contributed by atoms with Gasteiger partial charge in [0.1, 0.15) is 6.54 Å². The minimum absolute atomic E-state index is 0.0298. The van der Waals surface area contributed by atoms with E-state index in [0.29, 0.717) is 16.9 Å². The van der Waals surface area contributed by atoms with E-state index in [1.807, 2.05) is 0 Å². The number of hydrogen-bond donors (Lipinski definition) is 2. The molecule has 0 unspecified atom stereocenters. The normalized spacial score (nSPS) is 14.7. The van der Waals surface area contributed by atoms with Crippen LogP contribution in [-0.2, 0) is 16.6 Å². The molecule has 2 amide bonds. The number of carboxylic acids is 1. The maximum atomic E-state index is 12.0. The van der Waals surface area contributed by atoms with Crippen LogP contribution in [0.5, 0.6) is 0 Å². The summed E-state index contributed by atoms with van der Waals surface area (Å²) in [5.41, 5.74) is 1.85. The van der Waals surface area contributed by atoms with Gasteiger partial charge in [0.2, 0.25) is 11.8 Å². The molecule has 8 heteroatoms. The number of aryl methyl sites for hydroxylation is 1. The van der Waals surface area contributed by atoms with Gasteiger partial charge in [0.05, 0.1) is 12.2 Å². The van der Waals surface area contributed by atoms with E-state index < -0.39 is 5.97 Å². The zero-order valence-corrected chi connectivity index (χ0v) is 12.3. The summed E-state index contributed by atoms with van der Waals surface area (Å²) >= 11 is 0. The number of anilines is 1. The van der Waals surface area contributed by atoms with Gasteiger partial charge in [-0.2, -0.15) is 5.10 Å². The van der Waals surface area contributed by atoms with Gasteiger partial charge in [-0.15, -0.1) is 0 Å². The molecule has 0 aliphatic carbocycles. The van der Waals surface area contributed by atoms with E-state index in [4.69, 9.17) is 5.11 Å². The van der Waals surface area contributed by atoms with Gasteiger partial charge in [0, 0.05) is 18.3 Å². The Balaban J connectivity index is 1.98. The lowest BCUT2D eigenvalue weighted by Crippen LogP contribution is -2.51. The molecule has 2 aromatic rings. The SMILES string of the molecule is Cn1nc(C(=O)O)cc1-c1cccc(N2CC(=O)NCC2=O)c1. The van der Waals surface area contributed by atoms with Gasteiger partial charge in [-0.25, -0.2) is 4.79 Å². The second-order valence-corrected chi connectivity index (χ2v) is 5.15. The van der Waals surface area contributed by atoms with E-state index in [1.54, 1.807) is 31.3 Å².